The molecule has 4 unspecified atom stereocenters. The second-order valence-corrected chi connectivity index (χ2v) is 16.1. The zero-order valence-corrected chi connectivity index (χ0v) is 38.5. The van der Waals surface area contributed by atoms with E-state index in [0.29, 0.717) is 0 Å². The van der Waals surface area contributed by atoms with Crippen LogP contribution < -0.4 is 119 Å². The van der Waals surface area contributed by atoms with Gasteiger partial charge >= 0.3 is 88.7 Å². The number of nitrogens with two attached hydrogens (primary N) is 1. The fraction of sp³-hybridized carbons (Fsp3) is 0.591. The van der Waals surface area contributed by atoms with Crippen molar-refractivity contribution in [3.05, 3.63) is 28.4 Å². The van der Waals surface area contributed by atoms with Gasteiger partial charge in [0, 0.05) is 18.6 Å². The molecule has 3 aromatic heterocycles. The van der Waals surface area contributed by atoms with Gasteiger partial charge in [-0.2, -0.15) is 5.10 Å². The Bertz CT molecular complexity index is 1870. The number of nitrogens with zero attached hydrogens (tertiary/aromatic N) is 4. The molecule has 268 valence electrons. The monoisotopic (exact) mass is 827 g/mol. The van der Waals surface area contributed by atoms with E-state index in [1.807, 2.05) is 26.8 Å². The third-order valence-corrected chi connectivity index (χ3v) is 10.8. The second-order valence-electron chi connectivity index (χ2n) is 11.4. The summed E-state index contributed by atoms with van der Waals surface area (Å²) >= 11 is 5.22. The first-order valence-electron chi connectivity index (χ1n) is 13.7. The zero-order chi connectivity index (χ0) is 35.8. The SMILES string of the molecule is COC1[C@@H](COP(=O)([O-])OP(=O)([O-])OP(=O)([O-])O)O[C@@H](n2cnc3c(=S)nc(N)[nH]c32)[C@H]1OCC(=O)NCc1cc(C(C)(C)C)[nH][n+]1C.[Na+].[Na+].[Na+]. The number of nitrogen functional groups attached to an aromatic ring is 1. The molecule has 4 heterocycles. The summed E-state index contributed by atoms with van der Waals surface area (Å²) in [6.07, 6.45) is -3.65. The number of rotatable bonds is 14. The molecule has 0 aliphatic carbocycles. The number of methoxy groups -OCH3 is 1. The van der Waals surface area contributed by atoms with Gasteiger partial charge < -0.3 is 54.3 Å². The van der Waals surface area contributed by atoms with Crippen LogP contribution in [0.4, 0.5) is 5.95 Å². The van der Waals surface area contributed by atoms with Crippen LogP contribution in [0.5, 0.6) is 0 Å². The van der Waals surface area contributed by atoms with E-state index in [2.05, 4.69) is 38.5 Å². The van der Waals surface area contributed by atoms with Crippen LogP contribution in [0.15, 0.2) is 12.4 Å². The Balaban J connectivity index is 0.00000433. The van der Waals surface area contributed by atoms with Crippen molar-refractivity contribution < 1.29 is 159 Å². The minimum atomic E-state index is -6.15. The normalized spacial score (nSPS) is 22.5. The van der Waals surface area contributed by atoms with Crippen LogP contribution in [0.2, 0.25) is 0 Å². The van der Waals surface area contributed by atoms with Crippen LogP contribution in [-0.2, 0) is 64.9 Å². The van der Waals surface area contributed by atoms with E-state index in [0.717, 1.165) is 11.4 Å². The molecule has 4 rings (SSSR count). The third-order valence-electron chi connectivity index (χ3n) is 6.81. The summed E-state index contributed by atoms with van der Waals surface area (Å²) in [4.78, 5) is 67.0. The maximum absolute atomic E-state index is 12.9. The van der Waals surface area contributed by atoms with Crippen molar-refractivity contribution in [1.82, 2.24) is 29.9 Å². The Kier molecular flexibility index (Phi) is 19.1. The average Bonchev–Trinajstić information content (AvgIpc) is 3.61. The maximum atomic E-state index is 12.9. The number of hydrogen-bond donors (Lipinski definition) is 5. The largest absolute Gasteiger partial charge is 1.00 e. The number of nitrogens with one attached hydrogen (secondary N) is 3. The number of aromatic amines is 2. The predicted octanol–water partition coefficient (Wildman–Crippen LogP) is -10.4. The number of amides is 1. The molecular weight excluding hydrogens is 794 g/mol. The Morgan fingerprint density at radius 3 is 2.39 bits per heavy atom. The number of H-pyrrole nitrogens is 2. The molecule has 0 radical (unpaired) electrons. The van der Waals surface area contributed by atoms with E-state index in [1.54, 1.807) is 11.7 Å². The summed E-state index contributed by atoms with van der Waals surface area (Å²) in [5.41, 5.74) is 7.83. The molecule has 1 aliphatic rings. The molecule has 1 fully saturated rings. The van der Waals surface area contributed by atoms with Crippen molar-refractivity contribution in [2.24, 2.45) is 7.05 Å². The summed E-state index contributed by atoms with van der Waals surface area (Å²) < 4.78 is 66.8. The number of phosphoric acid groups is 3. The summed E-state index contributed by atoms with van der Waals surface area (Å²) in [5, 5.41) is 5.97. The van der Waals surface area contributed by atoms with Crippen molar-refractivity contribution >= 4 is 58.7 Å². The quantitative estimate of drug-likeness (QED) is 0.0436. The summed E-state index contributed by atoms with van der Waals surface area (Å²) in [7, 11) is -14.9. The molecule has 3 aromatic rings. The van der Waals surface area contributed by atoms with Gasteiger partial charge in [0.05, 0.1) is 18.6 Å². The van der Waals surface area contributed by atoms with Crippen molar-refractivity contribution in [2.45, 2.75) is 57.3 Å². The van der Waals surface area contributed by atoms with Crippen molar-refractivity contribution in [2.75, 3.05) is 26.1 Å². The molecule has 0 spiro atoms. The van der Waals surface area contributed by atoms with Gasteiger partial charge in [0.1, 0.15) is 42.6 Å². The number of ether oxygens (including phenoxy) is 3. The smallest absolute Gasteiger partial charge is 0.756 e. The molecule has 1 aliphatic heterocycles. The molecule has 22 nitrogen and oxygen atoms in total. The van der Waals surface area contributed by atoms with Crippen LogP contribution in [0.25, 0.3) is 11.2 Å². The van der Waals surface area contributed by atoms with Gasteiger partial charge in [-0.15, -0.1) is 4.68 Å². The Labute approximate surface area is 362 Å². The minimum absolute atomic E-state index is 0. The molecule has 6 N–H and O–H groups in total. The number of carbonyl (C=O) groups excluding carboxylic acids is 1. The van der Waals surface area contributed by atoms with Crippen LogP contribution in [0.3, 0.4) is 0 Å². The van der Waals surface area contributed by atoms with E-state index in [4.69, 9.17) is 37.1 Å². The molecule has 29 heteroatoms. The van der Waals surface area contributed by atoms with Gasteiger partial charge in [0.2, 0.25) is 11.6 Å². The Morgan fingerprint density at radius 1 is 1.18 bits per heavy atom. The van der Waals surface area contributed by atoms with E-state index >= 15 is 0 Å². The number of phosphoric ester groups is 1. The third kappa shape index (κ3) is 13.6. The minimum Gasteiger partial charge on any atom is -0.756 e. The van der Waals surface area contributed by atoms with Crippen LogP contribution in [0.1, 0.15) is 38.4 Å². The van der Waals surface area contributed by atoms with Gasteiger partial charge in [0.15, 0.2) is 23.9 Å². The first-order valence-corrected chi connectivity index (χ1v) is 18.5. The van der Waals surface area contributed by atoms with Gasteiger partial charge in [-0.1, -0.05) is 33.0 Å². The van der Waals surface area contributed by atoms with Crippen LogP contribution >= 0.6 is 35.7 Å². The topological polar surface area (TPSA) is 317 Å². The summed E-state index contributed by atoms with van der Waals surface area (Å²) in [6, 6.07) is 1.92. The molecule has 0 saturated carbocycles. The summed E-state index contributed by atoms with van der Waals surface area (Å²) in [5.74, 6) is -0.604. The fourth-order valence-electron chi connectivity index (χ4n) is 4.64. The number of aromatic nitrogens is 6. The van der Waals surface area contributed by atoms with Gasteiger partial charge in [-0.3, -0.25) is 23.1 Å². The number of imidazole rings is 1. The standard InChI is InChI=1S/C22H35N8O14P3S.3Na/c1-22(2,3)13-6-11(29(4)28-13)7-24-14(31)9-40-17-16(39-5)12(8-41-46(35,36)44-47(37,38)43-45(32,33)34)42-20(17)30-10-25-15-18(30)26-21(23)27-19(15)48;;;/h6,10,12,16-17,20H,7-9H2,1-5H3,(H8,23,24,26,27,31,32,33,34,35,36,37,38,48);;;/q;3*+1/p-2/t12-,16?,17+,20-;;;/m1.../s1. The fourth-order valence-corrected chi connectivity index (χ4v) is 7.79. The number of carbonyl (C=O) groups is 1. The van der Waals surface area contributed by atoms with E-state index in [9.17, 15) is 33.2 Å². The molecule has 0 aromatic carbocycles. The number of fused-ring (bicyclic) bond motifs is 1. The Hall–Kier alpha value is 0.540. The second kappa shape index (κ2) is 19.6. The molecule has 51 heavy (non-hydrogen) atoms. The first kappa shape index (κ1) is 49.6. The van der Waals surface area contributed by atoms with Crippen LogP contribution in [0, 0.1) is 4.64 Å². The maximum Gasteiger partial charge on any atom is 1.00 e. The van der Waals surface area contributed by atoms with Gasteiger partial charge in [0.25, 0.3) is 23.5 Å². The van der Waals surface area contributed by atoms with E-state index < -0.39 is 67.1 Å². The zero-order valence-electron chi connectivity index (χ0n) is 29.0. The predicted molar refractivity (Wildman–Crippen MR) is 157 cm³/mol. The summed E-state index contributed by atoms with van der Waals surface area (Å²) in [6.45, 7) is 4.75. The molecular formula is C22H33N8Na3O14P3S+. The van der Waals surface area contributed by atoms with Crippen molar-refractivity contribution in [3.8, 4) is 0 Å². The van der Waals surface area contributed by atoms with Crippen molar-refractivity contribution in [1.29, 1.82) is 0 Å². The van der Waals surface area contributed by atoms with Crippen LogP contribution in [-0.4, -0.2) is 74.1 Å². The molecule has 0 bridgehead atoms. The molecule has 1 saturated heterocycles. The first-order chi connectivity index (χ1) is 22.1. The van der Waals surface area contributed by atoms with E-state index in [1.165, 1.54) is 18.0 Å². The number of anilines is 1. The number of aryl methyl sites for hydroxylation is 1. The van der Waals surface area contributed by atoms with Crippen molar-refractivity contribution in [3.63, 3.8) is 0 Å². The molecule has 1 amide bonds. The van der Waals surface area contributed by atoms with Gasteiger partial charge in [-0.05, 0) is 0 Å². The molecule has 7 atom stereocenters. The number of hydrogen-bond acceptors (Lipinski definition) is 17. The van der Waals surface area contributed by atoms with E-state index in [-0.39, 0.29) is 122 Å². The average molecular weight is 828 g/mol. The Morgan fingerprint density at radius 2 is 1.82 bits per heavy atom. The van der Waals surface area contributed by atoms with Gasteiger partial charge in [-0.25, -0.2) is 18.6 Å².